The molecule has 0 spiro atoms. The minimum absolute atomic E-state index is 0.0566. The Balaban J connectivity index is 1.41. The number of fused-ring (bicyclic) bond motifs is 2. The second-order valence-electron chi connectivity index (χ2n) is 7.29. The average molecular weight is 360 g/mol. The van der Waals surface area contributed by atoms with E-state index in [0.29, 0.717) is 18.3 Å². The first-order valence-corrected chi connectivity index (χ1v) is 9.26. The summed E-state index contributed by atoms with van der Waals surface area (Å²) in [6.07, 6.45) is 7.93. The maximum absolute atomic E-state index is 13.1. The number of carbonyl (C=O) groups excluding carboxylic acids is 1. The number of aromatic nitrogens is 3. The summed E-state index contributed by atoms with van der Waals surface area (Å²) < 4.78 is 5.55. The van der Waals surface area contributed by atoms with Crippen molar-refractivity contribution >= 4 is 12.0 Å². The van der Waals surface area contributed by atoms with Crippen LogP contribution in [0.5, 0.6) is 0 Å². The highest BCUT2D eigenvalue weighted by atomic mass is 16.5. The Hall–Kier alpha value is -3.15. The summed E-state index contributed by atoms with van der Waals surface area (Å²) >= 11 is 0. The first-order chi connectivity index (χ1) is 13.2. The van der Waals surface area contributed by atoms with Crippen LogP contribution < -0.4 is 0 Å². The fraction of sp³-hybridized carbons (Fsp3) is 0.286. The van der Waals surface area contributed by atoms with Gasteiger partial charge in [0.25, 0.3) is 5.91 Å². The molecule has 1 saturated heterocycles. The van der Waals surface area contributed by atoms with Gasteiger partial charge in [0, 0.05) is 18.3 Å². The number of amides is 1. The lowest BCUT2D eigenvalue weighted by atomic mass is 9.92. The van der Waals surface area contributed by atoms with Gasteiger partial charge in [0.2, 0.25) is 11.7 Å². The van der Waals surface area contributed by atoms with Gasteiger partial charge in [-0.3, -0.25) is 4.79 Å². The predicted octanol–water partition coefficient (Wildman–Crippen LogP) is 3.79. The van der Waals surface area contributed by atoms with E-state index in [4.69, 9.17) is 4.52 Å². The largest absolute Gasteiger partial charge is 0.358 e. The maximum atomic E-state index is 13.1. The number of nitrogens with one attached hydrogen (secondary N) is 1. The van der Waals surface area contributed by atoms with E-state index in [1.54, 1.807) is 0 Å². The summed E-state index contributed by atoms with van der Waals surface area (Å²) in [6.45, 7) is 2.60. The van der Waals surface area contributed by atoms with Crippen molar-refractivity contribution in [2.75, 3.05) is 6.54 Å². The zero-order valence-corrected chi connectivity index (χ0v) is 15.1. The van der Waals surface area contributed by atoms with Crippen LogP contribution in [0, 0.1) is 6.92 Å². The van der Waals surface area contributed by atoms with Crippen LogP contribution in [0.1, 0.15) is 46.1 Å². The third kappa shape index (κ3) is 2.77. The topological polar surface area (TPSA) is 75.0 Å². The number of benzene rings is 1. The third-order valence-corrected chi connectivity index (χ3v) is 5.44. The van der Waals surface area contributed by atoms with E-state index < -0.39 is 0 Å². The van der Waals surface area contributed by atoms with Crippen LogP contribution in [0.4, 0.5) is 0 Å². The number of carbonyl (C=O) groups is 1. The number of piperidine rings is 1. The molecule has 1 aromatic carbocycles. The van der Waals surface area contributed by atoms with Crippen molar-refractivity contribution in [3.05, 3.63) is 65.2 Å². The van der Waals surface area contributed by atoms with Gasteiger partial charge in [0.15, 0.2) is 0 Å². The number of hydrogen-bond acceptors (Lipinski definition) is 4. The summed E-state index contributed by atoms with van der Waals surface area (Å²) in [5, 5.41) is 4.12. The van der Waals surface area contributed by atoms with Gasteiger partial charge in [-0.25, -0.2) is 0 Å². The van der Waals surface area contributed by atoms with Crippen molar-refractivity contribution in [1.82, 2.24) is 20.0 Å². The Morgan fingerprint density at radius 1 is 1.26 bits per heavy atom. The predicted molar refractivity (Wildman–Crippen MR) is 101 cm³/mol. The van der Waals surface area contributed by atoms with Crippen LogP contribution in [0.3, 0.4) is 0 Å². The zero-order chi connectivity index (χ0) is 18.4. The van der Waals surface area contributed by atoms with E-state index in [1.807, 2.05) is 48.4 Å². The zero-order valence-electron chi connectivity index (χ0n) is 15.1. The fourth-order valence-corrected chi connectivity index (χ4v) is 3.98. The molecule has 6 heteroatoms. The van der Waals surface area contributed by atoms with E-state index in [0.717, 1.165) is 35.2 Å². The Bertz CT molecular complexity index is 1030. The number of hydrogen-bond donors (Lipinski definition) is 1. The van der Waals surface area contributed by atoms with Gasteiger partial charge in [0.05, 0.1) is 17.7 Å². The molecule has 2 aliphatic rings. The van der Waals surface area contributed by atoms with Crippen LogP contribution in [0.25, 0.3) is 17.6 Å². The van der Waals surface area contributed by atoms with Crippen molar-refractivity contribution in [2.24, 2.45) is 0 Å². The molecule has 1 fully saturated rings. The van der Waals surface area contributed by atoms with E-state index in [9.17, 15) is 4.79 Å². The van der Waals surface area contributed by atoms with Crippen molar-refractivity contribution in [3.8, 4) is 11.5 Å². The average Bonchev–Trinajstić information content (AvgIpc) is 3.32. The highest BCUT2D eigenvalue weighted by Gasteiger charge is 2.35. The first kappa shape index (κ1) is 16.1. The molecule has 2 aliphatic heterocycles. The van der Waals surface area contributed by atoms with Gasteiger partial charge < -0.3 is 14.4 Å². The monoisotopic (exact) mass is 360 g/mol. The molecule has 2 atom stereocenters. The van der Waals surface area contributed by atoms with Crippen LogP contribution >= 0.6 is 0 Å². The third-order valence-electron chi connectivity index (χ3n) is 5.44. The van der Waals surface area contributed by atoms with Crippen molar-refractivity contribution in [1.29, 1.82) is 0 Å². The molecule has 5 rings (SSSR count). The lowest BCUT2D eigenvalue weighted by molar-refractivity contribution is 0.0630. The maximum Gasteiger partial charge on any atom is 0.254 e. The summed E-state index contributed by atoms with van der Waals surface area (Å²) in [6, 6.07) is 9.87. The Morgan fingerprint density at radius 2 is 2.15 bits per heavy atom. The molecule has 1 N–H and O–H groups in total. The summed E-state index contributed by atoms with van der Waals surface area (Å²) in [4.78, 5) is 22.8. The summed E-state index contributed by atoms with van der Waals surface area (Å²) in [5.74, 6) is 1.30. The molecule has 1 amide bonds. The number of aryl methyl sites for hydroxylation is 1. The lowest BCUT2D eigenvalue weighted by Gasteiger charge is -2.36. The van der Waals surface area contributed by atoms with Gasteiger partial charge in [0.1, 0.15) is 0 Å². The van der Waals surface area contributed by atoms with Crippen molar-refractivity contribution in [3.63, 3.8) is 0 Å². The fourth-order valence-electron chi connectivity index (χ4n) is 3.98. The van der Waals surface area contributed by atoms with Gasteiger partial charge in [-0.1, -0.05) is 35.5 Å². The van der Waals surface area contributed by atoms with E-state index in [-0.39, 0.29) is 17.9 Å². The van der Waals surface area contributed by atoms with Gasteiger partial charge in [-0.2, -0.15) is 4.98 Å². The molecular weight excluding hydrogens is 340 g/mol. The highest BCUT2D eigenvalue weighted by Crippen LogP contribution is 2.34. The van der Waals surface area contributed by atoms with Crippen LogP contribution in [0.2, 0.25) is 0 Å². The van der Waals surface area contributed by atoms with Crippen LogP contribution in [0.15, 0.2) is 47.1 Å². The van der Waals surface area contributed by atoms with E-state index in [1.165, 1.54) is 0 Å². The van der Waals surface area contributed by atoms with Crippen LogP contribution in [-0.2, 0) is 0 Å². The van der Waals surface area contributed by atoms with Crippen LogP contribution in [-0.4, -0.2) is 38.5 Å². The highest BCUT2D eigenvalue weighted by molar-refractivity contribution is 5.99. The Morgan fingerprint density at radius 3 is 3.00 bits per heavy atom. The van der Waals surface area contributed by atoms with Crippen molar-refractivity contribution < 1.29 is 9.32 Å². The Kier molecular flexibility index (Phi) is 3.70. The molecule has 6 nitrogen and oxygen atoms in total. The molecule has 0 unspecified atom stereocenters. The van der Waals surface area contributed by atoms with E-state index >= 15 is 0 Å². The van der Waals surface area contributed by atoms with E-state index in [2.05, 4.69) is 27.3 Å². The summed E-state index contributed by atoms with van der Waals surface area (Å²) in [7, 11) is 0. The Labute approximate surface area is 156 Å². The minimum atomic E-state index is 0.0566. The standard InChI is InChI=1S/C21H20N4O2/c1-13-10-18(22-11-13)19-23-20(27-24-19)15-7-9-16-8-6-14-4-2-3-5-17(14)21(26)25(16)12-15/h2-6,8,10-11,15-16,22H,7,9,12H2,1H3/t15-,16-/m0/s1. The molecule has 0 bridgehead atoms. The van der Waals surface area contributed by atoms with Gasteiger partial charge in [-0.15, -0.1) is 0 Å². The summed E-state index contributed by atoms with van der Waals surface area (Å²) in [5.41, 5.74) is 3.71. The number of aromatic amines is 1. The molecule has 136 valence electrons. The molecule has 0 radical (unpaired) electrons. The second kappa shape index (κ2) is 6.23. The molecule has 3 aromatic rings. The SMILES string of the molecule is Cc1c[nH]c(-c2noc([C@H]3CC[C@@H]4C=Cc5ccccc5C(=O)N4C3)n2)c1. The quantitative estimate of drug-likeness (QED) is 0.754. The normalized spacial score (nSPS) is 21.7. The molecular formula is C21H20N4O2. The number of H-pyrrole nitrogens is 1. The molecule has 4 heterocycles. The molecule has 0 saturated carbocycles. The number of nitrogens with zero attached hydrogens (tertiary/aromatic N) is 3. The first-order valence-electron chi connectivity index (χ1n) is 9.26. The lowest BCUT2D eigenvalue weighted by Crippen LogP contribution is -2.45. The molecule has 27 heavy (non-hydrogen) atoms. The van der Waals surface area contributed by atoms with Crippen molar-refractivity contribution in [2.45, 2.75) is 31.7 Å². The minimum Gasteiger partial charge on any atom is -0.358 e. The molecule has 0 aliphatic carbocycles. The number of rotatable bonds is 2. The molecule has 2 aromatic heterocycles. The van der Waals surface area contributed by atoms with Gasteiger partial charge in [-0.05, 0) is 43.0 Å². The van der Waals surface area contributed by atoms with Gasteiger partial charge >= 0.3 is 0 Å². The second-order valence-corrected chi connectivity index (χ2v) is 7.29. The smallest absolute Gasteiger partial charge is 0.254 e.